The number of alkyl halides is 3. The van der Waals surface area contributed by atoms with Gasteiger partial charge in [0, 0.05) is 0 Å². The molecule has 0 radical (unpaired) electrons. The first-order valence-corrected chi connectivity index (χ1v) is 6.46. The summed E-state index contributed by atoms with van der Waals surface area (Å²) in [7, 11) is 0. The van der Waals surface area contributed by atoms with E-state index in [0.29, 0.717) is 5.56 Å². The van der Waals surface area contributed by atoms with Crippen molar-refractivity contribution in [2.45, 2.75) is 31.7 Å². The van der Waals surface area contributed by atoms with Crippen LogP contribution in [0.25, 0.3) is 0 Å². The van der Waals surface area contributed by atoms with E-state index < -0.39 is 30.4 Å². The zero-order valence-corrected chi connectivity index (χ0v) is 11.8. The summed E-state index contributed by atoms with van der Waals surface area (Å²) in [6.45, 7) is 2.17. The molecule has 118 valence electrons. The number of hydrogen-bond acceptors (Lipinski definition) is 3. The van der Waals surface area contributed by atoms with Gasteiger partial charge in [-0.15, -0.1) is 0 Å². The van der Waals surface area contributed by atoms with Crippen LogP contribution in [-0.4, -0.2) is 36.5 Å². The SMILES string of the molecule is CCNC(COC(C)C(F)(F)F)(C(=O)O)c1ccccc1. The highest BCUT2D eigenvalue weighted by molar-refractivity contribution is 5.81. The van der Waals surface area contributed by atoms with E-state index in [0.717, 1.165) is 6.92 Å². The number of nitrogens with one attached hydrogen (secondary N) is 1. The van der Waals surface area contributed by atoms with E-state index in [9.17, 15) is 23.1 Å². The van der Waals surface area contributed by atoms with Crippen molar-refractivity contribution < 1.29 is 27.8 Å². The van der Waals surface area contributed by atoms with Crippen molar-refractivity contribution in [3.05, 3.63) is 35.9 Å². The van der Waals surface area contributed by atoms with Crippen molar-refractivity contribution in [1.82, 2.24) is 5.32 Å². The van der Waals surface area contributed by atoms with Crippen LogP contribution in [0.1, 0.15) is 19.4 Å². The van der Waals surface area contributed by atoms with Gasteiger partial charge in [-0.05, 0) is 19.0 Å². The molecular weight excluding hydrogens is 287 g/mol. The molecule has 0 saturated heterocycles. The van der Waals surface area contributed by atoms with Crippen LogP contribution in [0, 0.1) is 0 Å². The van der Waals surface area contributed by atoms with Gasteiger partial charge < -0.3 is 9.84 Å². The number of likely N-dealkylation sites (N-methyl/N-ethyl adjacent to an activating group) is 1. The van der Waals surface area contributed by atoms with Crippen molar-refractivity contribution in [2.75, 3.05) is 13.2 Å². The topological polar surface area (TPSA) is 58.6 Å². The minimum absolute atomic E-state index is 0.269. The third-order valence-electron chi connectivity index (χ3n) is 3.12. The maximum Gasteiger partial charge on any atom is 0.414 e. The minimum atomic E-state index is -4.53. The molecule has 21 heavy (non-hydrogen) atoms. The molecule has 2 N–H and O–H groups in total. The van der Waals surface area contributed by atoms with E-state index in [1.165, 1.54) is 0 Å². The lowest BCUT2D eigenvalue weighted by Gasteiger charge is -2.32. The molecule has 1 aromatic carbocycles. The van der Waals surface area contributed by atoms with Gasteiger partial charge in [-0.25, -0.2) is 4.79 Å². The number of carbonyl (C=O) groups is 1. The van der Waals surface area contributed by atoms with Crippen molar-refractivity contribution in [2.24, 2.45) is 0 Å². The van der Waals surface area contributed by atoms with Crippen LogP contribution in [0.4, 0.5) is 13.2 Å². The molecule has 2 atom stereocenters. The first kappa shape index (κ1) is 17.5. The minimum Gasteiger partial charge on any atom is -0.480 e. The monoisotopic (exact) mass is 305 g/mol. The Bertz CT molecular complexity index is 464. The standard InChI is InChI=1S/C14H18F3NO3/c1-3-18-13(12(19)20,11-7-5-4-6-8-11)9-21-10(2)14(15,16)17/h4-8,10,18H,3,9H2,1-2H3,(H,19,20). The first-order valence-electron chi connectivity index (χ1n) is 6.46. The van der Waals surface area contributed by atoms with Crippen LogP contribution in [0.5, 0.6) is 0 Å². The summed E-state index contributed by atoms with van der Waals surface area (Å²) in [4.78, 5) is 11.7. The zero-order valence-electron chi connectivity index (χ0n) is 11.8. The van der Waals surface area contributed by atoms with Gasteiger partial charge in [0.25, 0.3) is 0 Å². The van der Waals surface area contributed by atoms with Crippen molar-refractivity contribution in [1.29, 1.82) is 0 Å². The lowest BCUT2D eigenvalue weighted by atomic mass is 9.90. The largest absolute Gasteiger partial charge is 0.480 e. The van der Waals surface area contributed by atoms with Crippen LogP contribution in [0.3, 0.4) is 0 Å². The number of ether oxygens (including phenoxy) is 1. The Morgan fingerprint density at radius 3 is 2.33 bits per heavy atom. The Labute approximate surface area is 120 Å². The zero-order chi connectivity index (χ0) is 16.1. The molecule has 7 heteroatoms. The molecule has 0 spiro atoms. The second kappa shape index (κ2) is 6.91. The highest BCUT2D eigenvalue weighted by atomic mass is 19.4. The molecule has 2 unspecified atom stereocenters. The maximum atomic E-state index is 12.5. The van der Waals surface area contributed by atoms with Crippen molar-refractivity contribution in [3.63, 3.8) is 0 Å². The van der Waals surface area contributed by atoms with Crippen molar-refractivity contribution in [3.8, 4) is 0 Å². The fourth-order valence-corrected chi connectivity index (χ4v) is 1.87. The molecule has 0 fully saturated rings. The van der Waals surface area contributed by atoms with Crippen LogP contribution in [-0.2, 0) is 15.1 Å². The molecule has 0 aromatic heterocycles. The van der Waals surface area contributed by atoms with Gasteiger partial charge in [0.1, 0.15) is 0 Å². The second-order valence-corrected chi connectivity index (χ2v) is 4.60. The molecule has 0 aliphatic heterocycles. The Morgan fingerprint density at radius 2 is 1.90 bits per heavy atom. The summed E-state index contributed by atoms with van der Waals surface area (Å²) in [5.74, 6) is -1.29. The van der Waals surface area contributed by atoms with Gasteiger partial charge in [0.2, 0.25) is 0 Å². The predicted octanol–water partition coefficient (Wildman–Crippen LogP) is 2.54. The lowest BCUT2D eigenvalue weighted by Crippen LogP contribution is -2.53. The van der Waals surface area contributed by atoms with E-state index in [2.05, 4.69) is 5.32 Å². The van der Waals surface area contributed by atoms with Gasteiger partial charge in [-0.3, -0.25) is 5.32 Å². The maximum absolute atomic E-state index is 12.5. The third-order valence-corrected chi connectivity index (χ3v) is 3.12. The summed E-state index contributed by atoms with van der Waals surface area (Å²) >= 11 is 0. The Morgan fingerprint density at radius 1 is 1.33 bits per heavy atom. The summed E-state index contributed by atoms with van der Waals surface area (Å²) in [5.41, 5.74) is -1.37. The quantitative estimate of drug-likeness (QED) is 0.813. The van der Waals surface area contributed by atoms with Crippen LogP contribution < -0.4 is 5.32 Å². The van der Waals surface area contributed by atoms with E-state index in [-0.39, 0.29) is 6.54 Å². The molecule has 0 amide bonds. The third kappa shape index (κ3) is 4.18. The molecule has 0 aliphatic rings. The first-order chi connectivity index (χ1) is 9.74. The molecular formula is C14H18F3NO3. The molecule has 1 rings (SSSR count). The number of hydrogen-bond donors (Lipinski definition) is 2. The van der Waals surface area contributed by atoms with Gasteiger partial charge in [0.15, 0.2) is 11.6 Å². The number of aliphatic carboxylic acids is 1. The van der Waals surface area contributed by atoms with Crippen LogP contribution in [0.15, 0.2) is 30.3 Å². The molecule has 4 nitrogen and oxygen atoms in total. The highest BCUT2D eigenvalue weighted by Crippen LogP contribution is 2.27. The summed E-state index contributed by atoms with van der Waals surface area (Å²) < 4.78 is 42.3. The molecule has 0 heterocycles. The predicted molar refractivity (Wildman–Crippen MR) is 70.9 cm³/mol. The fourth-order valence-electron chi connectivity index (χ4n) is 1.87. The Balaban J connectivity index is 3.05. The number of benzene rings is 1. The summed E-state index contributed by atoms with van der Waals surface area (Å²) in [6, 6.07) is 8.02. The number of rotatable bonds is 7. The number of carboxylic acids is 1. The van der Waals surface area contributed by atoms with Gasteiger partial charge >= 0.3 is 12.1 Å². The molecule has 0 bridgehead atoms. The molecule has 0 saturated carbocycles. The average molecular weight is 305 g/mol. The van der Waals surface area contributed by atoms with E-state index in [1.54, 1.807) is 37.3 Å². The second-order valence-electron chi connectivity index (χ2n) is 4.60. The fraction of sp³-hybridized carbons (Fsp3) is 0.500. The van der Waals surface area contributed by atoms with Crippen molar-refractivity contribution >= 4 is 5.97 Å². The van der Waals surface area contributed by atoms with Gasteiger partial charge in [-0.2, -0.15) is 13.2 Å². The molecule has 1 aromatic rings. The van der Waals surface area contributed by atoms with Gasteiger partial charge in [-0.1, -0.05) is 37.3 Å². The normalized spacial score (nSPS) is 16.2. The van der Waals surface area contributed by atoms with E-state index in [4.69, 9.17) is 4.74 Å². The lowest BCUT2D eigenvalue weighted by molar-refractivity contribution is -0.220. The van der Waals surface area contributed by atoms with Crippen LogP contribution >= 0.6 is 0 Å². The highest BCUT2D eigenvalue weighted by Gasteiger charge is 2.44. The number of carboxylic acid groups (broad SMARTS) is 1. The Hall–Kier alpha value is -1.60. The summed E-state index contributed by atoms with van der Waals surface area (Å²) in [5, 5.41) is 12.2. The number of halogens is 3. The average Bonchev–Trinajstić information content (AvgIpc) is 2.42. The smallest absolute Gasteiger partial charge is 0.414 e. The van der Waals surface area contributed by atoms with E-state index >= 15 is 0 Å². The van der Waals surface area contributed by atoms with E-state index in [1.807, 2.05) is 0 Å². The molecule has 0 aliphatic carbocycles. The Kier molecular flexibility index (Phi) is 5.74. The van der Waals surface area contributed by atoms with Gasteiger partial charge in [0.05, 0.1) is 6.61 Å². The van der Waals surface area contributed by atoms with Crippen LogP contribution in [0.2, 0.25) is 0 Å². The summed E-state index contributed by atoms with van der Waals surface area (Å²) in [6.07, 6.45) is -6.58.